The molecule has 0 saturated carbocycles. The van der Waals surface area contributed by atoms with E-state index in [9.17, 15) is 4.79 Å². The number of piperidine rings is 1. The quantitative estimate of drug-likeness (QED) is 0.783. The van der Waals surface area contributed by atoms with Crippen LogP contribution in [0.15, 0.2) is 5.16 Å². The van der Waals surface area contributed by atoms with Gasteiger partial charge >= 0.3 is 0 Å². The maximum atomic E-state index is 12.0. The summed E-state index contributed by atoms with van der Waals surface area (Å²) in [5.41, 5.74) is 5.41. The Morgan fingerprint density at radius 1 is 1.65 bits per heavy atom. The first-order valence-corrected chi connectivity index (χ1v) is 6.75. The monoisotopic (exact) mass is 255 g/mol. The second-order valence-corrected chi connectivity index (χ2v) is 5.17. The normalized spacial score (nSPS) is 20.5. The van der Waals surface area contributed by atoms with Crippen molar-refractivity contribution in [1.82, 2.24) is 20.1 Å². The van der Waals surface area contributed by atoms with Crippen molar-refractivity contribution in [3.05, 3.63) is 0 Å². The van der Waals surface area contributed by atoms with Crippen LogP contribution in [0.5, 0.6) is 0 Å². The number of rotatable bonds is 3. The minimum atomic E-state index is 0.158. The molecule has 1 aliphatic rings. The standard InChI is InChI=1S/C10H17N5OS/c1-7-4-2-3-5-15(7)8(16)6-17-10-12-9(11)13-14-10/h7H,2-6H2,1H3,(H3,11,12,13,14)/t7-/m0/s1. The van der Waals surface area contributed by atoms with Gasteiger partial charge in [-0.3, -0.25) is 4.79 Å². The van der Waals surface area contributed by atoms with Gasteiger partial charge < -0.3 is 10.6 Å². The zero-order chi connectivity index (χ0) is 12.3. The van der Waals surface area contributed by atoms with Crippen LogP contribution < -0.4 is 5.73 Å². The van der Waals surface area contributed by atoms with Gasteiger partial charge in [-0.1, -0.05) is 11.8 Å². The molecule has 1 amide bonds. The topological polar surface area (TPSA) is 87.9 Å². The van der Waals surface area contributed by atoms with E-state index in [4.69, 9.17) is 5.73 Å². The van der Waals surface area contributed by atoms with Crippen LogP contribution in [0.3, 0.4) is 0 Å². The summed E-state index contributed by atoms with van der Waals surface area (Å²) in [6, 6.07) is 0.356. The summed E-state index contributed by atoms with van der Waals surface area (Å²) < 4.78 is 0. The minimum Gasteiger partial charge on any atom is -0.368 e. The van der Waals surface area contributed by atoms with E-state index in [0.29, 0.717) is 17.0 Å². The Bertz CT molecular complexity index is 394. The van der Waals surface area contributed by atoms with Crippen molar-refractivity contribution in [2.75, 3.05) is 18.0 Å². The summed E-state index contributed by atoms with van der Waals surface area (Å²) in [6.45, 7) is 2.98. The van der Waals surface area contributed by atoms with Gasteiger partial charge in [0.2, 0.25) is 17.0 Å². The van der Waals surface area contributed by atoms with Crippen LogP contribution in [0.1, 0.15) is 26.2 Å². The van der Waals surface area contributed by atoms with Crippen molar-refractivity contribution < 1.29 is 4.79 Å². The zero-order valence-corrected chi connectivity index (χ0v) is 10.7. The smallest absolute Gasteiger partial charge is 0.233 e. The minimum absolute atomic E-state index is 0.158. The first kappa shape index (κ1) is 12.2. The predicted octanol–water partition coefficient (Wildman–Crippen LogP) is 0.880. The van der Waals surface area contributed by atoms with Crippen molar-refractivity contribution in [3.8, 4) is 0 Å². The first-order valence-electron chi connectivity index (χ1n) is 5.77. The summed E-state index contributed by atoms with van der Waals surface area (Å²) in [7, 11) is 0. The summed E-state index contributed by atoms with van der Waals surface area (Å²) in [4.78, 5) is 17.9. The molecule has 1 saturated heterocycles. The number of nitrogens with two attached hydrogens (primary N) is 1. The molecule has 0 unspecified atom stereocenters. The Morgan fingerprint density at radius 3 is 3.12 bits per heavy atom. The molecule has 7 heteroatoms. The number of nitrogen functional groups attached to an aromatic ring is 1. The molecule has 0 radical (unpaired) electrons. The Balaban J connectivity index is 1.84. The number of hydrogen-bond donors (Lipinski definition) is 2. The highest BCUT2D eigenvalue weighted by Crippen LogP contribution is 2.19. The maximum absolute atomic E-state index is 12.0. The number of thioether (sulfide) groups is 1. The van der Waals surface area contributed by atoms with Gasteiger partial charge in [-0.05, 0) is 26.2 Å². The highest BCUT2D eigenvalue weighted by molar-refractivity contribution is 7.99. The Labute approximate surface area is 104 Å². The molecule has 1 aromatic rings. The number of anilines is 1. The fourth-order valence-electron chi connectivity index (χ4n) is 2.00. The molecule has 1 atom stereocenters. The zero-order valence-electron chi connectivity index (χ0n) is 9.85. The molecule has 0 aromatic carbocycles. The van der Waals surface area contributed by atoms with E-state index in [1.165, 1.54) is 18.2 Å². The molecule has 0 bridgehead atoms. The van der Waals surface area contributed by atoms with Crippen molar-refractivity contribution in [2.45, 2.75) is 37.4 Å². The van der Waals surface area contributed by atoms with Crippen molar-refractivity contribution >= 4 is 23.6 Å². The number of carbonyl (C=O) groups excluding carboxylic acids is 1. The lowest BCUT2D eigenvalue weighted by molar-refractivity contribution is -0.131. The van der Waals surface area contributed by atoms with Gasteiger partial charge in [0.05, 0.1) is 5.75 Å². The van der Waals surface area contributed by atoms with Crippen LogP contribution in [0.25, 0.3) is 0 Å². The maximum Gasteiger partial charge on any atom is 0.233 e. The largest absolute Gasteiger partial charge is 0.368 e. The van der Waals surface area contributed by atoms with Gasteiger partial charge in [0.1, 0.15) is 0 Å². The lowest BCUT2D eigenvalue weighted by atomic mass is 10.0. The molecule has 0 aliphatic carbocycles. The molecule has 1 fully saturated rings. The summed E-state index contributed by atoms with van der Waals surface area (Å²) in [6.07, 6.45) is 3.42. The molecule has 3 N–H and O–H groups in total. The van der Waals surface area contributed by atoms with Crippen molar-refractivity contribution in [3.63, 3.8) is 0 Å². The highest BCUT2D eigenvalue weighted by atomic mass is 32.2. The summed E-state index contributed by atoms with van der Waals surface area (Å²) >= 11 is 1.32. The molecule has 1 aliphatic heterocycles. The van der Waals surface area contributed by atoms with E-state index < -0.39 is 0 Å². The van der Waals surface area contributed by atoms with E-state index in [2.05, 4.69) is 22.1 Å². The second-order valence-electron chi connectivity index (χ2n) is 4.22. The number of likely N-dealkylation sites (tertiary alicyclic amines) is 1. The average molecular weight is 255 g/mol. The fraction of sp³-hybridized carbons (Fsp3) is 0.700. The van der Waals surface area contributed by atoms with Gasteiger partial charge in [0.15, 0.2) is 0 Å². The van der Waals surface area contributed by atoms with Gasteiger partial charge in [-0.25, -0.2) is 5.10 Å². The van der Waals surface area contributed by atoms with Gasteiger partial charge in [0.25, 0.3) is 0 Å². The van der Waals surface area contributed by atoms with Crippen LogP contribution in [-0.4, -0.2) is 44.3 Å². The molecule has 94 valence electrons. The number of aromatic nitrogens is 3. The van der Waals surface area contributed by atoms with Crippen LogP contribution in [0, 0.1) is 0 Å². The Morgan fingerprint density at radius 2 is 2.47 bits per heavy atom. The fourth-order valence-corrected chi connectivity index (χ4v) is 2.69. The Kier molecular flexibility index (Phi) is 3.88. The van der Waals surface area contributed by atoms with E-state index >= 15 is 0 Å². The molecule has 2 heterocycles. The number of H-pyrrole nitrogens is 1. The molecular formula is C10H17N5OS. The van der Waals surface area contributed by atoms with Gasteiger partial charge in [-0.15, -0.1) is 5.10 Å². The van der Waals surface area contributed by atoms with E-state index in [-0.39, 0.29) is 11.9 Å². The van der Waals surface area contributed by atoms with E-state index in [1.807, 2.05) is 4.90 Å². The van der Waals surface area contributed by atoms with Crippen LogP contribution in [-0.2, 0) is 4.79 Å². The molecule has 6 nitrogen and oxygen atoms in total. The van der Waals surface area contributed by atoms with Gasteiger partial charge in [-0.2, -0.15) is 4.98 Å². The van der Waals surface area contributed by atoms with Crippen LogP contribution in [0.4, 0.5) is 5.95 Å². The molecule has 0 spiro atoms. The lowest BCUT2D eigenvalue weighted by Crippen LogP contribution is -2.42. The number of amides is 1. The molecule has 17 heavy (non-hydrogen) atoms. The summed E-state index contributed by atoms with van der Waals surface area (Å²) in [5.74, 6) is 0.818. The van der Waals surface area contributed by atoms with Crippen molar-refractivity contribution in [1.29, 1.82) is 0 Å². The number of nitrogens with one attached hydrogen (secondary N) is 1. The Hall–Kier alpha value is -1.24. The van der Waals surface area contributed by atoms with E-state index in [1.54, 1.807) is 0 Å². The lowest BCUT2D eigenvalue weighted by Gasteiger charge is -2.33. The summed E-state index contributed by atoms with van der Waals surface area (Å²) in [5, 5.41) is 6.96. The predicted molar refractivity (Wildman–Crippen MR) is 66.5 cm³/mol. The number of nitrogens with zero attached hydrogens (tertiary/aromatic N) is 3. The van der Waals surface area contributed by atoms with Crippen LogP contribution in [0.2, 0.25) is 0 Å². The van der Waals surface area contributed by atoms with Crippen molar-refractivity contribution in [2.24, 2.45) is 0 Å². The SMILES string of the molecule is C[C@H]1CCCCN1C(=O)CSc1n[nH]c(N)n1. The third-order valence-corrected chi connectivity index (χ3v) is 3.76. The molecular weight excluding hydrogens is 238 g/mol. The molecule has 2 rings (SSSR count). The third kappa shape index (κ3) is 3.12. The number of aromatic amines is 1. The second kappa shape index (κ2) is 5.39. The molecule has 1 aromatic heterocycles. The number of hydrogen-bond acceptors (Lipinski definition) is 5. The van der Waals surface area contributed by atoms with Gasteiger partial charge in [0, 0.05) is 12.6 Å². The first-order chi connectivity index (χ1) is 8.16. The number of carbonyl (C=O) groups is 1. The van der Waals surface area contributed by atoms with E-state index in [0.717, 1.165) is 19.4 Å². The highest BCUT2D eigenvalue weighted by Gasteiger charge is 2.23. The van der Waals surface area contributed by atoms with Crippen LogP contribution >= 0.6 is 11.8 Å². The third-order valence-electron chi connectivity index (χ3n) is 2.93. The average Bonchev–Trinajstić information content (AvgIpc) is 2.73.